The van der Waals surface area contributed by atoms with E-state index in [4.69, 9.17) is 0 Å². The van der Waals surface area contributed by atoms with E-state index in [1.807, 2.05) is 43.3 Å². The summed E-state index contributed by atoms with van der Waals surface area (Å²) in [6, 6.07) is 14.7. The van der Waals surface area contributed by atoms with Crippen LogP contribution in [0.5, 0.6) is 0 Å². The molecule has 0 radical (unpaired) electrons. The molecule has 0 spiro atoms. The molecular formula is C21H17NO3. The standard InChI is InChI=1S/C21H17NO3/c1-14(17-4-3-5-18(13-17)15(2)23)12-16-6-8-19(9-7-16)22-20(24)10-11-21(22)25/h3-13H,1-2H3. The molecule has 0 N–H and O–H groups in total. The second kappa shape index (κ2) is 6.69. The summed E-state index contributed by atoms with van der Waals surface area (Å²) >= 11 is 0. The van der Waals surface area contributed by atoms with Crippen LogP contribution in [0.2, 0.25) is 0 Å². The summed E-state index contributed by atoms with van der Waals surface area (Å²) in [5.41, 5.74) is 4.17. The van der Waals surface area contributed by atoms with E-state index < -0.39 is 0 Å². The Bertz CT molecular complexity index is 902. The van der Waals surface area contributed by atoms with Gasteiger partial charge in [0.05, 0.1) is 5.69 Å². The number of nitrogens with zero attached hydrogens (tertiary/aromatic N) is 1. The first-order valence-corrected chi connectivity index (χ1v) is 7.91. The van der Waals surface area contributed by atoms with Crippen molar-refractivity contribution in [1.29, 1.82) is 0 Å². The molecule has 2 amide bonds. The number of anilines is 1. The lowest BCUT2D eigenvalue weighted by molar-refractivity contribution is -0.119. The zero-order valence-electron chi connectivity index (χ0n) is 14.0. The van der Waals surface area contributed by atoms with Gasteiger partial charge in [-0.05, 0) is 48.7 Å². The Balaban J connectivity index is 1.84. The monoisotopic (exact) mass is 331 g/mol. The summed E-state index contributed by atoms with van der Waals surface area (Å²) in [6.07, 6.45) is 4.53. The average molecular weight is 331 g/mol. The summed E-state index contributed by atoms with van der Waals surface area (Å²) in [5, 5.41) is 0. The molecule has 25 heavy (non-hydrogen) atoms. The summed E-state index contributed by atoms with van der Waals surface area (Å²) in [4.78, 5) is 36.0. The summed E-state index contributed by atoms with van der Waals surface area (Å²) in [6.45, 7) is 3.53. The first kappa shape index (κ1) is 16.6. The fourth-order valence-electron chi connectivity index (χ4n) is 2.69. The topological polar surface area (TPSA) is 54.5 Å². The van der Waals surface area contributed by atoms with Crippen molar-refractivity contribution >= 4 is 34.9 Å². The van der Waals surface area contributed by atoms with Crippen molar-refractivity contribution in [3.63, 3.8) is 0 Å². The van der Waals surface area contributed by atoms with E-state index >= 15 is 0 Å². The molecule has 0 atom stereocenters. The first-order chi connectivity index (χ1) is 12.0. The molecule has 0 unspecified atom stereocenters. The quantitative estimate of drug-likeness (QED) is 0.485. The van der Waals surface area contributed by atoms with Crippen molar-refractivity contribution in [3.05, 3.63) is 77.4 Å². The van der Waals surface area contributed by atoms with Gasteiger partial charge in [-0.25, -0.2) is 4.90 Å². The minimum Gasteiger partial charge on any atom is -0.295 e. The van der Waals surface area contributed by atoms with E-state index in [2.05, 4.69) is 0 Å². The van der Waals surface area contributed by atoms with Crippen molar-refractivity contribution < 1.29 is 14.4 Å². The van der Waals surface area contributed by atoms with Gasteiger partial charge in [-0.15, -0.1) is 0 Å². The predicted molar refractivity (Wildman–Crippen MR) is 98.1 cm³/mol. The highest BCUT2D eigenvalue weighted by Crippen LogP contribution is 2.23. The second-order valence-electron chi connectivity index (χ2n) is 5.90. The number of carbonyl (C=O) groups is 3. The van der Waals surface area contributed by atoms with Gasteiger partial charge in [0.2, 0.25) is 0 Å². The number of benzene rings is 2. The number of imide groups is 1. The first-order valence-electron chi connectivity index (χ1n) is 7.91. The minimum atomic E-state index is -0.328. The van der Waals surface area contributed by atoms with Gasteiger partial charge in [-0.2, -0.15) is 0 Å². The Morgan fingerprint density at radius 1 is 0.880 bits per heavy atom. The molecule has 0 bridgehead atoms. The number of hydrogen-bond donors (Lipinski definition) is 0. The van der Waals surface area contributed by atoms with Crippen molar-refractivity contribution in [3.8, 4) is 0 Å². The third-order valence-corrected chi connectivity index (χ3v) is 4.07. The third-order valence-electron chi connectivity index (χ3n) is 4.07. The maximum Gasteiger partial charge on any atom is 0.258 e. The number of ketones is 1. The highest BCUT2D eigenvalue weighted by atomic mass is 16.2. The molecule has 1 aliphatic rings. The van der Waals surface area contributed by atoms with Gasteiger partial charge in [0.1, 0.15) is 0 Å². The molecule has 0 saturated carbocycles. The molecule has 4 nitrogen and oxygen atoms in total. The Morgan fingerprint density at radius 3 is 2.08 bits per heavy atom. The van der Waals surface area contributed by atoms with Crippen LogP contribution in [0, 0.1) is 0 Å². The highest BCUT2D eigenvalue weighted by molar-refractivity contribution is 6.28. The van der Waals surface area contributed by atoms with Gasteiger partial charge < -0.3 is 0 Å². The molecule has 2 aromatic rings. The third kappa shape index (κ3) is 3.48. The van der Waals surface area contributed by atoms with Crippen LogP contribution in [0.3, 0.4) is 0 Å². The summed E-state index contributed by atoms with van der Waals surface area (Å²) < 4.78 is 0. The van der Waals surface area contributed by atoms with Gasteiger partial charge in [-0.1, -0.05) is 36.4 Å². The van der Waals surface area contributed by atoms with Gasteiger partial charge in [-0.3, -0.25) is 14.4 Å². The number of carbonyl (C=O) groups excluding carboxylic acids is 3. The predicted octanol–water partition coefficient (Wildman–Crippen LogP) is 3.88. The average Bonchev–Trinajstić information content (AvgIpc) is 2.94. The maximum absolute atomic E-state index is 11.7. The van der Waals surface area contributed by atoms with Crippen LogP contribution < -0.4 is 4.90 Å². The van der Waals surface area contributed by atoms with Crippen molar-refractivity contribution in [2.24, 2.45) is 0 Å². The Kier molecular flexibility index (Phi) is 4.44. The van der Waals surface area contributed by atoms with Crippen LogP contribution in [0.25, 0.3) is 11.6 Å². The summed E-state index contributed by atoms with van der Waals surface area (Å²) in [7, 11) is 0. The van der Waals surface area contributed by atoms with Crippen molar-refractivity contribution in [1.82, 2.24) is 0 Å². The van der Waals surface area contributed by atoms with Gasteiger partial charge >= 0.3 is 0 Å². The molecule has 0 aliphatic carbocycles. The molecule has 0 saturated heterocycles. The van der Waals surface area contributed by atoms with Crippen LogP contribution in [0.1, 0.15) is 35.3 Å². The van der Waals surface area contributed by atoms with Crippen molar-refractivity contribution in [2.75, 3.05) is 4.90 Å². The second-order valence-corrected chi connectivity index (χ2v) is 5.90. The maximum atomic E-state index is 11.7. The number of Topliss-reactive ketones (excluding diaryl/α,β-unsaturated/α-hetero) is 1. The molecule has 2 aromatic carbocycles. The van der Waals surface area contributed by atoms with Crippen LogP contribution in [-0.4, -0.2) is 17.6 Å². The Morgan fingerprint density at radius 2 is 1.48 bits per heavy atom. The van der Waals surface area contributed by atoms with Crippen molar-refractivity contribution in [2.45, 2.75) is 13.8 Å². The van der Waals surface area contributed by atoms with E-state index in [9.17, 15) is 14.4 Å². The van der Waals surface area contributed by atoms with E-state index in [1.165, 1.54) is 12.2 Å². The normalized spacial score (nSPS) is 14.3. The largest absolute Gasteiger partial charge is 0.295 e. The highest BCUT2D eigenvalue weighted by Gasteiger charge is 2.24. The lowest BCUT2D eigenvalue weighted by atomic mass is 10.0. The van der Waals surface area contributed by atoms with E-state index in [1.54, 1.807) is 25.1 Å². The number of amides is 2. The van der Waals surface area contributed by atoms with E-state index in [0.29, 0.717) is 11.3 Å². The number of allylic oxidation sites excluding steroid dienone is 1. The zero-order chi connectivity index (χ0) is 18.0. The lowest BCUT2D eigenvalue weighted by Gasteiger charge is -2.13. The smallest absolute Gasteiger partial charge is 0.258 e. The van der Waals surface area contributed by atoms with E-state index in [0.717, 1.165) is 21.6 Å². The molecule has 124 valence electrons. The fraction of sp³-hybridized carbons (Fsp3) is 0.0952. The molecule has 1 aliphatic heterocycles. The molecule has 3 rings (SSSR count). The zero-order valence-corrected chi connectivity index (χ0v) is 14.0. The Hall–Kier alpha value is -3.27. The molecule has 1 heterocycles. The minimum absolute atomic E-state index is 0.0348. The number of hydrogen-bond acceptors (Lipinski definition) is 3. The van der Waals surface area contributed by atoms with Crippen LogP contribution in [0.4, 0.5) is 5.69 Å². The van der Waals surface area contributed by atoms with Crippen LogP contribution in [-0.2, 0) is 9.59 Å². The van der Waals surface area contributed by atoms with E-state index in [-0.39, 0.29) is 17.6 Å². The molecule has 0 fully saturated rings. The van der Waals surface area contributed by atoms with Gasteiger partial charge in [0.25, 0.3) is 11.8 Å². The van der Waals surface area contributed by atoms with Gasteiger partial charge in [0, 0.05) is 17.7 Å². The Labute approximate surface area is 146 Å². The lowest BCUT2D eigenvalue weighted by Crippen LogP contribution is -2.29. The molecule has 0 aromatic heterocycles. The van der Waals surface area contributed by atoms with Crippen LogP contribution in [0.15, 0.2) is 60.7 Å². The van der Waals surface area contributed by atoms with Crippen LogP contribution >= 0.6 is 0 Å². The molecular weight excluding hydrogens is 314 g/mol. The SMILES string of the molecule is CC(=O)c1cccc(C(C)=Cc2ccc(N3C(=O)C=CC3=O)cc2)c1. The number of rotatable bonds is 4. The summed E-state index contributed by atoms with van der Waals surface area (Å²) in [5.74, 6) is -0.622. The van der Waals surface area contributed by atoms with Gasteiger partial charge in [0.15, 0.2) is 5.78 Å². The fourth-order valence-corrected chi connectivity index (χ4v) is 2.69. The molecule has 4 heteroatoms.